The molecule has 0 aliphatic heterocycles. The molecule has 1 N–H and O–H groups in total. The van der Waals surface area contributed by atoms with Crippen LogP contribution in [0.15, 0.2) is 48.5 Å². The zero-order valence-corrected chi connectivity index (χ0v) is 10.9. The first-order valence-electron chi connectivity index (χ1n) is 5.36. The summed E-state index contributed by atoms with van der Waals surface area (Å²) in [7, 11) is 0. The summed E-state index contributed by atoms with van der Waals surface area (Å²) in [6.07, 6.45) is -0.921. The summed E-state index contributed by atoms with van der Waals surface area (Å²) in [6.45, 7) is 0. The SMILES string of the molecule is OC(C#Cc1ccccc1)c1ccc(Cl)cc1Cl. The van der Waals surface area contributed by atoms with Crippen molar-refractivity contribution in [3.05, 3.63) is 69.7 Å². The molecule has 2 aromatic carbocycles. The molecule has 0 aliphatic rings. The molecule has 18 heavy (non-hydrogen) atoms. The van der Waals surface area contributed by atoms with Gasteiger partial charge in [-0.25, -0.2) is 0 Å². The molecule has 1 atom stereocenters. The fraction of sp³-hybridized carbons (Fsp3) is 0.0667. The Kier molecular flexibility index (Phi) is 4.28. The standard InChI is InChI=1S/C15H10Cl2O/c16-12-7-8-13(14(17)10-12)15(18)9-6-11-4-2-1-3-5-11/h1-5,7-8,10,15,18H. The van der Waals surface area contributed by atoms with Crippen molar-refractivity contribution in [1.29, 1.82) is 0 Å². The molecule has 0 aromatic heterocycles. The van der Waals surface area contributed by atoms with Crippen LogP contribution in [0.1, 0.15) is 17.2 Å². The van der Waals surface area contributed by atoms with Gasteiger partial charge in [0, 0.05) is 21.2 Å². The first kappa shape index (κ1) is 13.0. The summed E-state index contributed by atoms with van der Waals surface area (Å²) in [5.74, 6) is 5.65. The molecular formula is C15H10Cl2O. The van der Waals surface area contributed by atoms with Gasteiger partial charge in [-0.1, -0.05) is 59.3 Å². The molecule has 0 spiro atoms. The van der Waals surface area contributed by atoms with Crippen LogP contribution in [0.4, 0.5) is 0 Å². The van der Waals surface area contributed by atoms with Crippen molar-refractivity contribution in [3.63, 3.8) is 0 Å². The summed E-state index contributed by atoms with van der Waals surface area (Å²) < 4.78 is 0. The second kappa shape index (κ2) is 5.93. The van der Waals surface area contributed by atoms with Gasteiger partial charge >= 0.3 is 0 Å². The lowest BCUT2D eigenvalue weighted by Crippen LogP contribution is -1.94. The Hall–Kier alpha value is -1.46. The highest BCUT2D eigenvalue weighted by Gasteiger charge is 2.08. The van der Waals surface area contributed by atoms with Crippen molar-refractivity contribution in [2.75, 3.05) is 0 Å². The van der Waals surface area contributed by atoms with E-state index in [4.69, 9.17) is 23.2 Å². The number of aliphatic hydroxyl groups excluding tert-OH is 1. The summed E-state index contributed by atoms with van der Waals surface area (Å²) in [6, 6.07) is 14.4. The van der Waals surface area contributed by atoms with Crippen LogP contribution in [0.5, 0.6) is 0 Å². The van der Waals surface area contributed by atoms with Gasteiger partial charge in [0.1, 0.15) is 6.10 Å². The highest BCUT2D eigenvalue weighted by molar-refractivity contribution is 6.35. The maximum absolute atomic E-state index is 9.95. The lowest BCUT2D eigenvalue weighted by molar-refractivity contribution is 0.238. The second-order valence-electron chi connectivity index (χ2n) is 3.70. The van der Waals surface area contributed by atoms with Crippen LogP contribution in [0, 0.1) is 11.8 Å². The number of hydrogen-bond donors (Lipinski definition) is 1. The molecule has 1 nitrogen and oxygen atoms in total. The minimum absolute atomic E-state index is 0.414. The fourth-order valence-corrected chi connectivity index (χ4v) is 1.99. The Labute approximate surface area is 116 Å². The third-order valence-electron chi connectivity index (χ3n) is 2.38. The highest BCUT2D eigenvalue weighted by atomic mass is 35.5. The normalized spacial score (nSPS) is 11.5. The Morgan fingerprint density at radius 2 is 1.72 bits per heavy atom. The van der Waals surface area contributed by atoms with E-state index in [0.717, 1.165) is 5.56 Å². The van der Waals surface area contributed by atoms with Crippen molar-refractivity contribution in [2.45, 2.75) is 6.10 Å². The maximum atomic E-state index is 9.95. The van der Waals surface area contributed by atoms with Crippen molar-refractivity contribution >= 4 is 23.2 Å². The maximum Gasteiger partial charge on any atom is 0.142 e. The Morgan fingerprint density at radius 1 is 1.00 bits per heavy atom. The van der Waals surface area contributed by atoms with E-state index < -0.39 is 6.10 Å². The molecular weight excluding hydrogens is 267 g/mol. The van der Waals surface area contributed by atoms with Gasteiger partial charge in [0.05, 0.1) is 0 Å². The first-order chi connectivity index (χ1) is 8.66. The summed E-state index contributed by atoms with van der Waals surface area (Å²) in [5, 5.41) is 10.9. The molecule has 0 aliphatic carbocycles. The van der Waals surface area contributed by atoms with Gasteiger partial charge in [0.25, 0.3) is 0 Å². The van der Waals surface area contributed by atoms with Gasteiger partial charge in [-0.2, -0.15) is 0 Å². The second-order valence-corrected chi connectivity index (χ2v) is 4.55. The predicted octanol–water partition coefficient (Wildman–Crippen LogP) is 4.08. The average molecular weight is 277 g/mol. The zero-order valence-electron chi connectivity index (χ0n) is 9.40. The molecule has 0 amide bonds. The van der Waals surface area contributed by atoms with E-state index in [-0.39, 0.29) is 0 Å². The van der Waals surface area contributed by atoms with Crippen molar-refractivity contribution in [1.82, 2.24) is 0 Å². The fourth-order valence-electron chi connectivity index (χ4n) is 1.47. The van der Waals surface area contributed by atoms with Crippen LogP contribution in [-0.4, -0.2) is 5.11 Å². The monoisotopic (exact) mass is 276 g/mol. The van der Waals surface area contributed by atoms with Crippen molar-refractivity contribution < 1.29 is 5.11 Å². The summed E-state index contributed by atoms with van der Waals surface area (Å²) in [4.78, 5) is 0. The number of hydrogen-bond acceptors (Lipinski definition) is 1. The van der Waals surface area contributed by atoms with E-state index in [0.29, 0.717) is 15.6 Å². The lowest BCUT2D eigenvalue weighted by Gasteiger charge is -2.06. The van der Waals surface area contributed by atoms with Crippen LogP contribution in [0.2, 0.25) is 10.0 Å². The average Bonchev–Trinajstić information content (AvgIpc) is 2.37. The van der Waals surface area contributed by atoms with Gasteiger partial charge in [-0.15, -0.1) is 0 Å². The first-order valence-corrected chi connectivity index (χ1v) is 6.12. The van der Waals surface area contributed by atoms with E-state index in [9.17, 15) is 5.11 Å². The van der Waals surface area contributed by atoms with Crippen molar-refractivity contribution in [2.24, 2.45) is 0 Å². The summed E-state index contributed by atoms with van der Waals surface area (Å²) in [5.41, 5.74) is 1.41. The number of benzene rings is 2. The number of rotatable bonds is 1. The Bertz CT molecular complexity index is 597. The van der Waals surface area contributed by atoms with E-state index in [2.05, 4.69) is 11.8 Å². The van der Waals surface area contributed by atoms with Gasteiger partial charge in [-0.05, 0) is 24.3 Å². The van der Waals surface area contributed by atoms with Gasteiger partial charge < -0.3 is 5.11 Å². The number of aliphatic hydroxyl groups is 1. The molecule has 90 valence electrons. The van der Waals surface area contributed by atoms with E-state index in [1.165, 1.54) is 0 Å². The predicted molar refractivity (Wildman–Crippen MR) is 74.7 cm³/mol. The Balaban J connectivity index is 2.23. The van der Waals surface area contributed by atoms with E-state index in [1.54, 1.807) is 18.2 Å². The number of halogens is 2. The van der Waals surface area contributed by atoms with Gasteiger partial charge in [0.15, 0.2) is 0 Å². The molecule has 0 saturated heterocycles. The third-order valence-corrected chi connectivity index (χ3v) is 2.95. The molecule has 1 unspecified atom stereocenters. The van der Waals surface area contributed by atoms with Crippen LogP contribution >= 0.6 is 23.2 Å². The van der Waals surface area contributed by atoms with Gasteiger partial charge in [-0.3, -0.25) is 0 Å². The molecule has 0 saturated carbocycles. The molecule has 2 aromatic rings. The lowest BCUT2D eigenvalue weighted by atomic mass is 10.1. The quantitative estimate of drug-likeness (QED) is 0.779. The third kappa shape index (κ3) is 3.27. The topological polar surface area (TPSA) is 20.2 Å². The van der Waals surface area contributed by atoms with Crippen LogP contribution in [-0.2, 0) is 0 Å². The van der Waals surface area contributed by atoms with Crippen molar-refractivity contribution in [3.8, 4) is 11.8 Å². The molecule has 0 fully saturated rings. The van der Waals surface area contributed by atoms with E-state index >= 15 is 0 Å². The van der Waals surface area contributed by atoms with Gasteiger partial charge in [0.2, 0.25) is 0 Å². The van der Waals surface area contributed by atoms with E-state index in [1.807, 2.05) is 30.3 Å². The molecule has 0 bridgehead atoms. The molecule has 0 radical (unpaired) electrons. The minimum atomic E-state index is -0.921. The summed E-state index contributed by atoms with van der Waals surface area (Å²) >= 11 is 11.8. The van der Waals surface area contributed by atoms with Crippen LogP contribution in [0.25, 0.3) is 0 Å². The smallest absolute Gasteiger partial charge is 0.142 e. The minimum Gasteiger partial charge on any atom is -0.376 e. The largest absolute Gasteiger partial charge is 0.376 e. The zero-order chi connectivity index (χ0) is 13.0. The molecule has 3 heteroatoms. The highest BCUT2D eigenvalue weighted by Crippen LogP contribution is 2.25. The molecule has 0 heterocycles. The van der Waals surface area contributed by atoms with Crippen LogP contribution in [0.3, 0.4) is 0 Å². The molecule has 2 rings (SSSR count). The Morgan fingerprint density at radius 3 is 2.39 bits per heavy atom. The van der Waals surface area contributed by atoms with Crippen LogP contribution < -0.4 is 0 Å².